The number of nitrogens with one attached hydrogen (secondary N) is 1. The van der Waals surface area contributed by atoms with Crippen molar-refractivity contribution in [2.75, 3.05) is 26.8 Å². The molecule has 2 aromatic heterocycles. The summed E-state index contributed by atoms with van der Waals surface area (Å²) in [6.07, 6.45) is 1.87. The molecule has 7 nitrogen and oxygen atoms in total. The molecule has 0 aromatic carbocycles. The van der Waals surface area contributed by atoms with Gasteiger partial charge in [0.05, 0.1) is 18.7 Å². The minimum absolute atomic E-state index is 0.711. The van der Waals surface area contributed by atoms with E-state index in [0.29, 0.717) is 6.61 Å². The lowest BCUT2D eigenvalue weighted by Crippen LogP contribution is -2.24. The smallest absolute Gasteiger partial charge is 0.209 e. The molecule has 0 amide bonds. The maximum absolute atomic E-state index is 4.96. The molecular formula is C10H16N6OS2. The van der Waals surface area contributed by atoms with Crippen molar-refractivity contribution in [3.05, 3.63) is 16.6 Å². The van der Waals surface area contributed by atoms with Crippen molar-refractivity contribution in [2.24, 2.45) is 0 Å². The fourth-order valence-corrected chi connectivity index (χ4v) is 2.92. The maximum Gasteiger partial charge on any atom is 0.209 e. The minimum Gasteiger partial charge on any atom is -0.383 e. The molecule has 19 heavy (non-hydrogen) atoms. The molecule has 104 valence electrons. The third-order valence-corrected chi connectivity index (χ3v) is 4.28. The first kappa shape index (κ1) is 14.4. The summed E-state index contributed by atoms with van der Waals surface area (Å²) in [5, 5.41) is 15.8. The van der Waals surface area contributed by atoms with Crippen LogP contribution in [0.1, 0.15) is 4.88 Å². The Bertz CT molecular complexity index is 460. The van der Waals surface area contributed by atoms with Crippen LogP contribution >= 0.6 is 23.1 Å². The number of aromatic nitrogens is 5. The van der Waals surface area contributed by atoms with Gasteiger partial charge in [0.15, 0.2) is 0 Å². The summed E-state index contributed by atoms with van der Waals surface area (Å²) in [7, 11) is 1.69. The van der Waals surface area contributed by atoms with Gasteiger partial charge in [-0.3, -0.25) is 4.98 Å². The van der Waals surface area contributed by atoms with Crippen LogP contribution in [0.2, 0.25) is 0 Å². The highest BCUT2D eigenvalue weighted by Crippen LogP contribution is 2.21. The van der Waals surface area contributed by atoms with Gasteiger partial charge in [-0.05, 0) is 10.4 Å². The number of ether oxygens (including phenoxy) is 1. The number of thioether (sulfide) groups is 1. The van der Waals surface area contributed by atoms with Crippen molar-refractivity contribution >= 4 is 23.1 Å². The fourth-order valence-electron chi connectivity index (χ4n) is 1.37. The van der Waals surface area contributed by atoms with E-state index in [4.69, 9.17) is 4.74 Å². The second kappa shape index (κ2) is 8.20. The lowest BCUT2D eigenvalue weighted by molar-refractivity contribution is 0.199. The van der Waals surface area contributed by atoms with Gasteiger partial charge in [-0.2, -0.15) is 0 Å². The zero-order valence-electron chi connectivity index (χ0n) is 10.7. The first-order valence-electron chi connectivity index (χ1n) is 5.86. The van der Waals surface area contributed by atoms with Gasteiger partial charge in [-0.15, -0.1) is 16.4 Å². The van der Waals surface area contributed by atoms with E-state index in [1.54, 1.807) is 30.2 Å². The van der Waals surface area contributed by atoms with Crippen LogP contribution in [0.3, 0.4) is 0 Å². The molecule has 2 heterocycles. The van der Waals surface area contributed by atoms with Gasteiger partial charge in [0.25, 0.3) is 0 Å². The molecule has 0 spiro atoms. The molecule has 2 rings (SSSR count). The Hall–Kier alpha value is -1.03. The fraction of sp³-hybridized carbons (Fsp3) is 0.600. The third-order valence-electron chi connectivity index (χ3n) is 2.31. The van der Waals surface area contributed by atoms with E-state index in [2.05, 4.69) is 25.8 Å². The monoisotopic (exact) mass is 300 g/mol. The number of thiazole rings is 1. The SMILES string of the molecule is COCCNCCn1nnnc1SCc1cncs1. The van der Waals surface area contributed by atoms with Crippen LogP contribution in [0.4, 0.5) is 0 Å². The Balaban J connectivity index is 1.74. The Labute approximate surface area is 119 Å². The highest BCUT2D eigenvalue weighted by molar-refractivity contribution is 7.98. The average molecular weight is 300 g/mol. The van der Waals surface area contributed by atoms with Crippen LogP contribution < -0.4 is 5.32 Å². The number of tetrazole rings is 1. The summed E-state index contributed by atoms with van der Waals surface area (Å²) < 4.78 is 6.78. The first-order chi connectivity index (χ1) is 9.40. The van der Waals surface area contributed by atoms with Crippen molar-refractivity contribution in [1.29, 1.82) is 0 Å². The van der Waals surface area contributed by atoms with Gasteiger partial charge in [0, 0.05) is 37.0 Å². The highest BCUT2D eigenvalue weighted by Gasteiger charge is 2.07. The molecule has 0 aliphatic heterocycles. The van der Waals surface area contributed by atoms with E-state index >= 15 is 0 Å². The van der Waals surface area contributed by atoms with E-state index in [9.17, 15) is 0 Å². The molecule has 0 aliphatic carbocycles. The van der Waals surface area contributed by atoms with Crippen molar-refractivity contribution < 1.29 is 4.74 Å². The minimum atomic E-state index is 0.711. The molecule has 0 atom stereocenters. The number of rotatable bonds is 9. The zero-order chi connectivity index (χ0) is 13.3. The normalized spacial score (nSPS) is 11.0. The van der Waals surface area contributed by atoms with Gasteiger partial charge in [0.1, 0.15) is 0 Å². The maximum atomic E-state index is 4.96. The first-order valence-corrected chi connectivity index (χ1v) is 7.72. The number of methoxy groups -OCH3 is 1. The second-order valence-corrected chi connectivity index (χ2v) is 5.60. The molecule has 0 fully saturated rings. The molecule has 0 radical (unpaired) electrons. The predicted molar refractivity (Wildman–Crippen MR) is 74.2 cm³/mol. The van der Waals surface area contributed by atoms with Crippen LogP contribution in [-0.4, -0.2) is 52.0 Å². The summed E-state index contributed by atoms with van der Waals surface area (Å²) in [6, 6.07) is 0. The Morgan fingerprint density at radius 1 is 1.47 bits per heavy atom. The Morgan fingerprint density at radius 3 is 3.21 bits per heavy atom. The van der Waals surface area contributed by atoms with Crippen LogP contribution in [-0.2, 0) is 17.0 Å². The lowest BCUT2D eigenvalue weighted by Gasteiger charge is -2.05. The average Bonchev–Trinajstić information content (AvgIpc) is 3.07. The molecule has 9 heteroatoms. The van der Waals surface area contributed by atoms with Gasteiger partial charge in [-0.1, -0.05) is 11.8 Å². The molecule has 0 saturated heterocycles. The summed E-state index contributed by atoms with van der Waals surface area (Å²) in [5.74, 6) is 0.849. The van der Waals surface area contributed by atoms with Gasteiger partial charge in [0.2, 0.25) is 5.16 Å². The zero-order valence-corrected chi connectivity index (χ0v) is 12.3. The molecule has 0 bridgehead atoms. The summed E-state index contributed by atoms with van der Waals surface area (Å²) >= 11 is 3.27. The van der Waals surface area contributed by atoms with Crippen LogP contribution in [0.15, 0.2) is 16.9 Å². The van der Waals surface area contributed by atoms with Gasteiger partial charge >= 0.3 is 0 Å². The van der Waals surface area contributed by atoms with E-state index in [-0.39, 0.29) is 0 Å². The molecule has 2 aromatic rings. The molecule has 0 aliphatic rings. The predicted octanol–water partition coefficient (Wildman–Crippen LogP) is 0.658. The highest BCUT2D eigenvalue weighted by atomic mass is 32.2. The van der Waals surface area contributed by atoms with Crippen molar-refractivity contribution in [3.63, 3.8) is 0 Å². The summed E-state index contributed by atoms with van der Waals surface area (Å²) in [4.78, 5) is 5.27. The quantitative estimate of drug-likeness (QED) is 0.538. The van der Waals surface area contributed by atoms with E-state index < -0.39 is 0 Å². The lowest BCUT2D eigenvalue weighted by atomic mass is 10.6. The molecule has 0 saturated carbocycles. The third kappa shape index (κ3) is 4.86. The van der Waals surface area contributed by atoms with E-state index in [1.807, 2.05) is 16.4 Å². The van der Waals surface area contributed by atoms with Crippen molar-refractivity contribution in [2.45, 2.75) is 17.5 Å². The number of hydrogen-bond donors (Lipinski definition) is 1. The van der Waals surface area contributed by atoms with E-state index in [1.165, 1.54) is 4.88 Å². The standard InChI is InChI=1S/C10H16N6OS2/c1-17-5-3-11-2-4-16-10(13-14-15-16)18-7-9-6-12-8-19-9/h6,8,11H,2-5,7H2,1H3. The summed E-state index contributed by atoms with van der Waals surface area (Å²) in [5.41, 5.74) is 1.83. The Morgan fingerprint density at radius 2 is 2.42 bits per heavy atom. The van der Waals surface area contributed by atoms with Gasteiger partial charge < -0.3 is 10.1 Å². The second-order valence-electron chi connectivity index (χ2n) is 3.68. The van der Waals surface area contributed by atoms with Gasteiger partial charge in [-0.25, -0.2) is 4.68 Å². The molecule has 0 unspecified atom stereocenters. The van der Waals surface area contributed by atoms with E-state index in [0.717, 1.165) is 30.5 Å². The molecular weight excluding hydrogens is 284 g/mol. The van der Waals surface area contributed by atoms with Crippen molar-refractivity contribution in [1.82, 2.24) is 30.5 Å². The van der Waals surface area contributed by atoms with Crippen LogP contribution in [0.5, 0.6) is 0 Å². The number of hydrogen-bond acceptors (Lipinski definition) is 8. The van der Waals surface area contributed by atoms with Crippen LogP contribution in [0.25, 0.3) is 0 Å². The largest absolute Gasteiger partial charge is 0.383 e. The van der Waals surface area contributed by atoms with Crippen LogP contribution in [0, 0.1) is 0 Å². The number of nitrogens with zero attached hydrogens (tertiary/aromatic N) is 5. The topological polar surface area (TPSA) is 77.8 Å². The summed E-state index contributed by atoms with van der Waals surface area (Å²) in [6.45, 7) is 3.12. The Kier molecular flexibility index (Phi) is 6.21. The van der Waals surface area contributed by atoms with Crippen molar-refractivity contribution in [3.8, 4) is 0 Å². The molecule has 1 N–H and O–H groups in total.